The lowest BCUT2D eigenvalue weighted by molar-refractivity contribution is 0.102. The number of amides is 1. The van der Waals surface area contributed by atoms with Gasteiger partial charge in [0, 0.05) is 29.9 Å². The van der Waals surface area contributed by atoms with Gasteiger partial charge in [-0.3, -0.25) is 4.79 Å². The SMILES string of the molecule is Cc1nccc(-c2cccc(NC(=O)c3ccc(OCc4noc(C)n4)cc3)c2)n1. The molecule has 8 nitrogen and oxygen atoms in total. The molecule has 0 saturated heterocycles. The van der Waals surface area contributed by atoms with Crippen molar-refractivity contribution in [1.82, 2.24) is 20.1 Å². The summed E-state index contributed by atoms with van der Waals surface area (Å²) in [5.41, 5.74) is 2.90. The lowest BCUT2D eigenvalue weighted by Gasteiger charge is -2.09. The van der Waals surface area contributed by atoms with Crippen LogP contribution in [0.25, 0.3) is 11.3 Å². The summed E-state index contributed by atoms with van der Waals surface area (Å²) in [5.74, 6) is 2.04. The Bertz CT molecular complexity index is 1170. The van der Waals surface area contributed by atoms with Gasteiger partial charge in [-0.1, -0.05) is 17.3 Å². The molecule has 2 heterocycles. The van der Waals surface area contributed by atoms with Crippen molar-refractivity contribution >= 4 is 11.6 Å². The normalized spacial score (nSPS) is 10.6. The van der Waals surface area contributed by atoms with Crippen molar-refractivity contribution in [3.63, 3.8) is 0 Å². The second-order valence-electron chi connectivity index (χ2n) is 6.57. The standard InChI is InChI=1S/C22H19N5O3/c1-14-23-11-10-20(24-14)17-4-3-5-18(12-17)26-22(28)16-6-8-19(9-7-16)29-13-21-25-15(2)30-27-21/h3-12H,13H2,1-2H3,(H,26,28). The Morgan fingerprint density at radius 1 is 1.07 bits per heavy atom. The van der Waals surface area contributed by atoms with Gasteiger partial charge in [0.1, 0.15) is 11.6 Å². The molecule has 0 fully saturated rings. The molecule has 0 atom stereocenters. The molecule has 150 valence electrons. The predicted octanol–water partition coefficient (Wildman–Crippen LogP) is 3.97. The van der Waals surface area contributed by atoms with Crippen LogP contribution in [0.3, 0.4) is 0 Å². The van der Waals surface area contributed by atoms with Gasteiger partial charge in [0.05, 0.1) is 5.69 Å². The van der Waals surface area contributed by atoms with Gasteiger partial charge in [-0.2, -0.15) is 4.98 Å². The summed E-state index contributed by atoms with van der Waals surface area (Å²) in [6.07, 6.45) is 1.71. The molecule has 30 heavy (non-hydrogen) atoms. The Balaban J connectivity index is 1.40. The van der Waals surface area contributed by atoms with E-state index in [1.165, 1.54) is 0 Å². The molecule has 1 amide bonds. The molecule has 8 heteroatoms. The highest BCUT2D eigenvalue weighted by Crippen LogP contribution is 2.21. The number of benzene rings is 2. The topological polar surface area (TPSA) is 103 Å². The lowest BCUT2D eigenvalue weighted by Crippen LogP contribution is -2.11. The number of rotatable bonds is 6. The zero-order chi connectivity index (χ0) is 20.9. The number of nitrogens with zero attached hydrogens (tertiary/aromatic N) is 4. The van der Waals surface area contributed by atoms with E-state index in [1.807, 2.05) is 37.3 Å². The fourth-order valence-electron chi connectivity index (χ4n) is 2.83. The first kappa shape index (κ1) is 19.3. The van der Waals surface area contributed by atoms with Gasteiger partial charge >= 0.3 is 0 Å². The average molecular weight is 401 g/mol. The first-order valence-electron chi connectivity index (χ1n) is 9.30. The van der Waals surface area contributed by atoms with Crippen molar-refractivity contribution in [2.75, 3.05) is 5.32 Å². The number of carbonyl (C=O) groups is 1. The molecule has 0 saturated carbocycles. The van der Waals surface area contributed by atoms with Crippen LogP contribution in [0, 0.1) is 13.8 Å². The van der Waals surface area contributed by atoms with Crippen LogP contribution in [0.5, 0.6) is 5.75 Å². The second kappa shape index (κ2) is 8.52. The summed E-state index contributed by atoms with van der Waals surface area (Å²) in [7, 11) is 0. The molecule has 1 N–H and O–H groups in total. The first-order valence-corrected chi connectivity index (χ1v) is 9.30. The Morgan fingerprint density at radius 3 is 2.63 bits per heavy atom. The van der Waals surface area contributed by atoms with E-state index < -0.39 is 0 Å². The van der Waals surface area contributed by atoms with Gasteiger partial charge in [-0.25, -0.2) is 9.97 Å². The fourth-order valence-corrected chi connectivity index (χ4v) is 2.83. The number of hydrogen-bond donors (Lipinski definition) is 1. The monoisotopic (exact) mass is 401 g/mol. The van der Waals surface area contributed by atoms with Crippen LogP contribution >= 0.6 is 0 Å². The molecule has 0 spiro atoms. The van der Waals surface area contributed by atoms with Gasteiger partial charge in [0.25, 0.3) is 5.91 Å². The molecule has 0 aliphatic carbocycles. The minimum Gasteiger partial charge on any atom is -0.485 e. The molecule has 0 aliphatic rings. The quantitative estimate of drug-likeness (QED) is 0.521. The Hall–Kier alpha value is -4.07. The molecular weight excluding hydrogens is 382 g/mol. The molecule has 0 bridgehead atoms. The number of aryl methyl sites for hydroxylation is 2. The molecule has 2 aromatic carbocycles. The predicted molar refractivity (Wildman–Crippen MR) is 110 cm³/mol. The molecular formula is C22H19N5O3. The van der Waals surface area contributed by atoms with Gasteiger partial charge < -0.3 is 14.6 Å². The second-order valence-corrected chi connectivity index (χ2v) is 6.57. The molecule has 0 radical (unpaired) electrons. The molecule has 4 aromatic rings. The highest BCUT2D eigenvalue weighted by molar-refractivity contribution is 6.04. The summed E-state index contributed by atoms with van der Waals surface area (Å²) in [6, 6.07) is 16.2. The molecule has 0 unspecified atom stereocenters. The van der Waals surface area contributed by atoms with E-state index in [9.17, 15) is 4.79 Å². The third-order valence-corrected chi connectivity index (χ3v) is 4.25. The van der Waals surface area contributed by atoms with Crippen LogP contribution in [0.15, 0.2) is 65.3 Å². The molecule has 2 aromatic heterocycles. The van der Waals surface area contributed by atoms with E-state index in [-0.39, 0.29) is 12.5 Å². The summed E-state index contributed by atoms with van der Waals surface area (Å²) < 4.78 is 10.5. The number of anilines is 1. The molecule has 0 aliphatic heterocycles. The third kappa shape index (κ3) is 4.67. The summed E-state index contributed by atoms with van der Waals surface area (Å²) in [4.78, 5) is 25.2. The van der Waals surface area contributed by atoms with Crippen molar-refractivity contribution < 1.29 is 14.1 Å². The van der Waals surface area contributed by atoms with E-state index in [4.69, 9.17) is 9.26 Å². The van der Waals surface area contributed by atoms with Gasteiger partial charge in [0.15, 0.2) is 6.61 Å². The Morgan fingerprint density at radius 2 is 1.90 bits per heavy atom. The number of carbonyl (C=O) groups excluding carboxylic acids is 1. The maximum Gasteiger partial charge on any atom is 0.255 e. The number of hydrogen-bond acceptors (Lipinski definition) is 7. The van der Waals surface area contributed by atoms with Crippen LogP contribution in [0.1, 0.15) is 27.9 Å². The van der Waals surface area contributed by atoms with E-state index in [0.29, 0.717) is 34.5 Å². The highest BCUT2D eigenvalue weighted by atomic mass is 16.5. The van der Waals surface area contributed by atoms with Gasteiger partial charge in [-0.15, -0.1) is 0 Å². The summed E-state index contributed by atoms with van der Waals surface area (Å²) >= 11 is 0. The average Bonchev–Trinajstić information content (AvgIpc) is 3.18. The van der Waals surface area contributed by atoms with Gasteiger partial charge in [0.2, 0.25) is 11.7 Å². The van der Waals surface area contributed by atoms with E-state index in [2.05, 4.69) is 25.4 Å². The number of nitrogens with one attached hydrogen (secondary N) is 1. The smallest absolute Gasteiger partial charge is 0.255 e. The summed E-state index contributed by atoms with van der Waals surface area (Å²) in [5, 5.41) is 6.68. The zero-order valence-corrected chi connectivity index (χ0v) is 16.5. The van der Waals surface area contributed by atoms with Crippen molar-refractivity contribution in [2.24, 2.45) is 0 Å². The van der Waals surface area contributed by atoms with Crippen LogP contribution < -0.4 is 10.1 Å². The third-order valence-electron chi connectivity index (χ3n) is 4.25. The number of aromatic nitrogens is 4. The van der Waals surface area contributed by atoms with Gasteiger partial charge in [-0.05, 0) is 49.4 Å². The Labute approximate surface area is 173 Å². The van der Waals surface area contributed by atoms with E-state index in [0.717, 1.165) is 11.3 Å². The number of ether oxygens (including phenoxy) is 1. The van der Waals surface area contributed by atoms with E-state index in [1.54, 1.807) is 37.4 Å². The Kier molecular flexibility index (Phi) is 5.47. The highest BCUT2D eigenvalue weighted by Gasteiger charge is 2.09. The fraction of sp³-hybridized carbons (Fsp3) is 0.136. The van der Waals surface area contributed by atoms with Crippen LogP contribution in [0.4, 0.5) is 5.69 Å². The van der Waals surface area contributed by atoms with Crippen LogP contribution in [0.2, 0.25) is 0 Å². The molecule has 4 rings (SSSR count). The maximum atomic E-state index is 12.6. The zero-order valence-electron chi connectivity index (χ0n) is 16.5. The van der Waals surface area contributed by atoms with Crippen molar-refractivity contribution in [2.45, 2.75) is 20.5 Å². The van der Waals surface area contributed by atoms with Crippen molar-refractivity contribution in [3.05, 3.63) is 83.9 Å². The minimum atomic E-state index is -0.216. The first-order chi connectivity index (χ1) is 14.6. The van der Waals surface area contributed by atoms with Crippen molar-refractivity contribution in [3.8, 4) is 17.0 Å². The lowest BCUT2D eigenvalue weighted by atomic mass is 10.1. The van der Waals surface area contributed by atoms with Crippen LogP contribution in [-0.4, -0.2) is 26.0 Å². The summed E-state index contributed by atoms with van der Waals surface area (Å²) in [6.45, 7) is 3.75. The van der Waals surface area contributed by atoms with Crippen LogP contribution in [-0.2, 0) is 6.61 Å². The maximum absolute atomic E-state index is 12.6. The van der Waals surface area contributed by atoms with E-state index >= 15 is 0 Å². The largest absolute Gasteiger partial charge is 0.485 e. The minimum absolute atomic E-state index is 0.193. The van der Waals surface area contributed by atoms with Crippen molar-refractivity contribution in [1.29, 1.82) is 0 Å².